The monoisotopic (exact) mass is 634 g/mol. The average Bonchev–Trinajstić information content (AvgIpc) is 3.52. The quantitative estimate of drug-likeness (QED) is 0.0972. The number of fused-ring (bicyclic) bond motifs is 2. The second-order valence-corrected chi connectivity index (χ2v) is 10.1. The molecule has 0 aliphatic rings. The maximum atomic E-state index is 13.7. The molecule has 0 atom stereocenters. The molecule has 47 heavy (non-hydrogen) atoms. The molecular formula is C34H26N4O9. The molecule has 0 bridgehead atoms. The van der Waals surface area contributed by atoms with Crippen molar-refractivity contribution in [3.8, 4) is 28.8 Å². The predicted molar refractivity (Wildman–Crippen MR) is 173 cm³/mol. The van der Waals surface area contributed by atoms with Gasteiger partial charge < -0.3 is 23.7 Å². The van der Waals surface area contributed by atoms with Crippen molar-refractivity contribution in [2.24, 2.45) is 5.10 Å². The van der Waals surface area contributed by atoms with Crippen molar-refractivity contribution in [2.45, 2.75) is 13.5 Å². The predicted octanol–water partition coefficient (Wildman–Crippen LogP) is 6.28. The summed E-state index contributed by atoms with van der Waals surface area (Å²) in [5.74, 6) is -0.265. The molecule has 0 radical (unpaired) electrons. The first-order valence-electron chi connectivity index (χ1n) is 14.3. The summed E-state index contributed by atoms with van der Waals surface area (Å²) in [6.07, 6.45) is 1.28. The Bertz CT molecular complexity index is 2260. The average molecular weight is 635 g/mol. The van der Waals surface area contributed by atoms with E-state index in [0.717, 1.165) is 4.68 Å². The Kier molecular flexibility index (Phi) is 8.35. The van der Waals surface area contributed by atoms with E-state index in [1.807, 2.05) is 0 Å². The number of carbonyl (C=O) groups is 1. The molecule has 0 saturated heterocycles. The van der Waals surface area contributed by atoms with E-state index in [1.54, 1.807) is 74.7 Å². The second-order valence-electron chi connectivity index (χ2n) is 10.1. The van der Waals surface area contributed by atoms with Crippen molar-refractivity contribution in [3.63, 3.8) is 0 Å². The highest BCUT2D eigenvalue weighted by atomic mass is 16.6. The molecule has 0 unspecified atom stereocenters. The number of aromatic carboxylic acids is 1. The zero-order chi connectivity index (χ0) is 33.1. The molecule has 0 amide bonds. The maximum absolute atomic E-state index is 13.7. The van der Waals surface area contributed by atoms with Gasteiger partial charge in [0.05, 0.1) is 46.7 Å². The minimum Gasteiger partial charge on any atom is -0.496 e. The molecule has 4 aromatic carbocycles. The van der Waals surface area contributed by atoms with Crippen LogP contribution in [0.4, 0.5) is 5.69 Å². The Hall–Kier alpha value is -6.50. The van der Waals surface area contributed by atoms with Gasteiger partial charge in [-0.3, -0.25) is 14.9 Å². The van der Waals surface area contributed by atoms with E-state index in [-0.39, 0.29) is 47.4 Å². The number of ether oxygens (including phenoxy) is 3. The van der Waals surface area contributed by atoms with Gasteiger partial charge in [-0.1, -0.05) is 30.3 Å². The lowest BCUT2D eigenvalue weighted by Gasteiger charge is -2.13. The molecule has 0 aliphatic heterocycles. The summed E-state index contributed by atoms with van der Waals surface area (Å²) in [5, 5.41) is 26.9. The highest BCUT2D eigenvalue weighted by molar-refractivity contribution is 5.89. The fraction of sp³-hybridized carbons (Fsp3) is 0.118. The van der Waals surface area contributed by atoms with Crippen LogP contribution in [0.5, 0.6) is 17.2 Å². The second kappa shape index (κ2) is 12.9. The van der Waals surface area contributed by atoms with Crippen molar-refractivity contribution in [1.82, 2.24) is 9.66 Å². The normalized spacial score (nSPS) is 11.3. The third kappa shape index (κ3) is 6.09. The van der Waals surface area contributed by atoms with Gasteiger partial charge in [0.15, 0.2) is 11.5 Å². The van der Waals surface area contributed by atoms with Crippen LogP contribution >= 0.6 is 0 Å². The van der Waals surface area contributed by atoms with Gasteiger partial charge in [0, 0.05) is 11.6 Å². The number of rotatable bonds is 11. The summed E-state index contributed by atoms with van der Waals surface area (Å²) in [6.45, 7) is 1.72. The molecule has 0 saturated carbocycles. The molecule has 1 N–H and O–H groups in total. The van der Waals surface area contributed by atoms with Crippen LogP contribution in [0.1, 0.15) is 28.4 Å². The molecule has 13 nitrogen and oxygen atoms in total. The van der Waals surface area contributed by atoms with E-state index >= 15 is 0 Å². The molecule has 0 fully saturated rings. The van der Waals surface area contributed by atoms with E-state index < -0.39 is 22.1 Å². The number of hydrogen-bond donors (Lipinski definition) is 1. The zero-order valence-corrected chi connectivity index (χ0v) is 25.1. The third-order valence-corrected chi connectivity index (χ3v) is 7.15. The summed E-state index contributed by atoms with van der Waals surface area (Å²) in [6, 6.07) is 22.6. The number of nitro benzene ring substituents is 1. The van der Waals surface area contributed by atoms with E-state index in [2.05, 4.69) is 10.1 Å². The summed E-state index contributed by atoms with van der Waals surface area (Å²) < 4.78 is 24.1. The zero-order valence-electron chi connectivity index (χ0n) is 25.1. The maximum Gasteiger partial charge on any atom is 0.335 e. The number of para-hydroxylation sites is 1. The van der Waals surface area contributed by atoms with E-state index in [4.69, 9.17) is 18.6 Å². The number of furan rings is 1. The first kappa shape index (κ1) is 30.5. The van der Waals surface area contributed by atoms with Gasteiger partial charge in [0.1, 0.15) is 17.9 Å². The van der Waals surface area contributed by atoms with Crippen LogP contribution in [0.15, 0.2) is 99.2 Å². The van der Waals surface area contributed by atoms with E-state index in [1.165, 1.54) is 30.5 Å². The topological polar surface area (TPSA) is 169 Å². The van der Waals surface area contributed by atoms with Crippen LogP contribution in [-0.2, 0) is 6.61 Å². The smallest absolute Gasteiger partial charge is 0.335 e. The minimum absolute atomic E-state index is 0.0526. The summed E-state index contributed by atoms with van der Waals surface area (Å²) in [5.41, 5.74) is 0.814. The molecule has 2 aromatic heterocycles. The largest absolute Gasteiger partial charge is 0.496 e. The number of benzene rings is 4. The summed E-state index contributed by atoms with van der Waals surface area (Å²) in [7, 11) is 1.54. The lowest BCUT2D eigenvalue weighted by atomic mass is 10.1. The third-order valence-electron chi connectivity index (χ3n) is 7.15. The van der Waals surface area contributed by atoms with E-state index in [0.29, 0.717) is 33.2 Å². The standard InChI is InChI=1S/C34H26N4O9/c1-3-45-29-16-21(15-26(38(42)43)31(29)46-19-20-8-6-9-22(14-20)34(40)41)18-35-37-32(36-25-11-5-4-10-23(25)33(37)39)30-17-24-27(44-2)12-7-13-28(24)47-30/h4-18H,3,19H2,1-2H3,(H,40,41). The molecular weight excluding hydrogens is 608 g/mol. The van der Waals surface area contributed by atoms with Crippen LogP contribution in [0.3, 0.4) is 0 Å². The van der Waals surface area contributed by atoms with Crippen molar-refractivity contribution < 1.29 is 33.5 Å². The van der Waals surface area contributed by atoms with E-state index in [9.17, 15) is 24.8 Å². The molecule has 0 spiro atoms. The SMILES string of the molecule is CCOc1cc(C=Nn2c(-c3cc4c(OC)cccc4o3)nc3ccccc3c2=O)cc([N+](=O)[O-])c1OCc1cccc(C(=O)O)c1. The summed E-state index contributed by atoms with van der Waals surface area (Å²) >= 11 is 0. The van der Waals surface area contributed by atoms with Gasteiger partial charge in [0.2, 0.25) is 11.6 Å². The number of carboxylic acids is 1. The summed E-state index contributed by atoms with van der Waals surface area (Å²) in [4.78, 5) is 41.3. The van der Waals surface area contributed by atoms with Gasteiger partial charge in [0.25, 0.3) is 5.56 Å². The number of carboxylic acid groups (broad SMARTS) is 1. The van der Waals surface area contributed by atoms with Gasteiger partial charge >= 0.3 is 11.7 Å². The number of aromatic nitrogens is 2. The number of nitrogens with zero attached hydrogens (tertiary/aromatic N) is 4. The lowest BCUT2D eigenvalue weighted by molar-refractivity contribution is -0.386. The number of nitro groups is 1. The number of hydrogen-bond acceptors (Lipinski definition) is 10. The van der Waals surface area contributed by atoms with Crippen LogP contribution in [0.2, 0.25) is 0 Å². The molecule has 2 heterocycles. The van der Waals surface area contributed by atoms with Crippen molar-refractivity contribution in [2.75, 3.05) is 13.7 Å². The lowest BCUT2D eigenvalue weighted by Crippen LogP contribution is -2.20. The van der Waals surface area contributed by atoms with Gasteiger partial charge in [-0.25, -0.2) is 9.78 Å². The van der Waals surface area contributed by atoms with Crippen molar-refractivity contribution in [3.05, 3.63) is 122 Å². The van der Waals surface area contributed by atoms with Crippen LogP contribution < -0.4 is 19.8 Å². The Morgan fingerprint density at radius 3 is 2.60 bits per heavy atom. The Morgan fingerprint density at radius 2 is 1.83 bits per heavy atom. The van der Waals surface area contributed by atoms with Gasteiger partial charge in [-0.05, 0) is 61.0 Å². The molecule has 6 aromatic rings. The minimum atomic E-state index is -1.11. The fourth-order valence-electron chi connectivity index (χ4n) is 5.01. The molecule has 6 rings (SSSR count). The fourth-order valence-corrected chi connectivity index (χ4v) is 5.01. The van der Waals surface area contributed by atoms with Gasteiger partial charge in [-0.2, -0.15) is 9.78 Å². The van der Waals surface area contributed by atoms with Crippen LogP contribution in [-0.4, -0.2) is 45.6 Å². The number of methoxy groups -OCH3 is 1. The Balaban J connectivity index is 1.44. The van der Waals surface area contributed by atoms with Crippen LogP contribution in [0, 0.1) is 10.1 Å². The first-order chi connectivity index (χ1) is 22.8. The molecule has 0 aliphatic carbocycles. The Labute approximate surface area is 266 Å². The van der Waals surface area contributed by atoms with Gasteiger partial charge in [-0.15, -0.1) is 0 Å². The van der Waals surface area contributed by atoms with Crippen LogP contribution in [0.25, 0.3) is 33.5 Å². The van der Waals surface area contributed by atoms with Crippen molar-refractivity contribution in [1.29, 1.82) is 0 Å². The highest BCUT2D eigenvalue weighted by Gasteiger charge is 2.23. The highest BCUT2D eigenvalue weighted by Crippen LogP contribution is 2.39. The molecule has 236 valence electrons. The van der Waals surface area contributed by atoms with Crippen molar-refractivity contribution >= 4 is 39.7 Å². The molecule has 13 heteroatoms. The Morgan fingerprint density at radius 1 is 1.02 bits per heavy atom. The first-order valence-corrected chi connectivity index (χ1v) is 14.3.